The molecule has 1 N–H and O–H groups in total. The van der Waals surface area contributed by atoms with Gasteiger partial charge in [-0.3, -0.25) is 0 Å². The summed E-state index contributed by atoms with van der Waals surface area (Å²) in [6, 6.07) is 4.09. The Balaban J connectivity index is 1.76. The van der Waals surface area contributed by atoms with E-state index in [-0.39, 0.29) is 0 Å². The Bertz CT molecular complexity index is 744. The lowest BCUT2D eigenvalue weighted by atomic mass is 10.1. The molecule has 0 amide bonds. The number of hydrogen-bond acceptors (Lipinski definition) is 2. The van der Waals surface area contributed by atoms with E-state index in [9.17, 15) is 5.11 Å². The zero-order chi connectivity index (χ0) is 21.1. The van der Waals surface area contributed by atoms with Gasteiger partial charge in [0.15, 0.2) is 0 Å². The van der Waals surface area contributed by atoms with Gasteiger partial charge in [0.05, 0.1) is 15.0 Å². The van der Waals surface area contributed by atoms with Crippen molar-refractivity contribution in [3.05, 3.63) is 21.1 Å². The SMILES string of the molecule is CCCCCCCCCCCCCCn1c(SCC)cc2c(O)c(Br)cc(Br)c21. The second kappa shape index (κ2) is 14.0. The predicted molar refractivity (Wildman–Crippen MR) is 136 cm³/mol. The van der Waals surface area contributed by atoms with Crippen LogP contribution in [0.1, 0.15) is 90.9 Å². The van der Waals surface area contributed by atoms with E-state index in [4.69, 9.17) is 0 Å². The van der Waals surface area contributed by atoms with Crippen molar-refractivity contribution in [1.82, 2.24) is 4.57 Å². The number of nitrogens with zero attached hydrogens (tertiary/aromatic N) is 1. The molecule has 0 spiro atoms. The zero-order valence-electron chi connectivity index (χ0n) is 18.1. The molecule has 0 unspecified atom stereocenters. The quantitative estimate of drug-likeness (QED) is 0.177. The van der Waals surface area contributed by atoms with Crippen LogP contribution in [-0.2, 0) is 6.54 Å². The van der Waals surface area contributed by atoms with E-state index in [0.29, 0.717) is 5.75 Å². The van der Waals surface area contributed by atoms with Crippen LogP contribution >= 0.6 is 43.6 Å². The van der Waals surface area contributed by atoms with E-state index in [1.807, 2.05) is 17.8 Å². The number of rotatable bonds is 15. The van der Waals surface area contributed by atoms with Crippen molar-refractivity contribution >= 4 is 54.5 Å². The summed E-state index contributed by atoms with van der Waals surface area (Å²) in [6.45, 7) is 5.48. The highest BCUT2D eigenvalue weighted by Gasteiger charge is 2.16. The van der Waals surface area contributed by atoms with E-state index >= 15 is 0 Å². The number of phenolic OH excluding ortho intramolecular Hbond substituents is 1. The van der Waals surface area contributed by atoms with Crippen LogP contribution < -0.4 is 0 Å². The van der Waals surface area contributed by atoms with E-state index in [1.165, 1.54) is 82.1 Å². The molecule has 0 aliphatic heterocycles. The van der Waals surface area contributed by atoms with Crippen molar-refractivity contribution in [1.29, 1.82) is 0 Å². The summed E-state index contributed by atoms with van der Waals surface area (Å²) in [4.78, 5) is 0. The Morgan fingerprint density at radius 2 is 1.34 bits per heavy atom. The summed E-state index contributed by atoms with van der Waals surface area (Å²) < 4.78 is 4.17. The lowest BCUT2D eigenvalue weighted by Gasteiger charge is -2.12. The summed E-state index contributed by atoms with van der Waals surface area (Å²) in [5.74, 6) is 1.38. The number of aryl methyl sites for hydroxylation is 1. The fraction of sp³-hybridized carbons (Fsp3) is 0.667. The first-order chi connectivity index (χ1) is 14.1. The maximum Gasteiger partial charge on any atom is 0.139 e. The molecule has 2 rings (SSSR count). The largest absolute Gasteiger partial charge is 0.506 e. The molecule has 1 aromatic carbocycles. The van der Waals surface area contributed by atoms with Gasteiger partial charge in [-0.2, -0.15) is 0 Å². The molecule has 0 aliphatic carbocycles. The fourth-order valence-electron chi connectivity index (χ4n) is 3.94. The first-order valence-corrected chi connectivity index (χ1v) is 14.0. The van der Waals surface area contributed by atoms with Gasteiger partial charge in [0.1, 0.15) is 5.75 Å². The number of halogens is 2. The third-order valence-corrected chi connectivity index (χ3v) is 7.68. The van der Waals surface area contributed by atoms with Crippen molar-refractivity contribution in [2.45, 2.75) is 102 Å². The summed E-state index contributed by atoms with van der Waals surface area (Å²) in [6.07, 6.45) is 16.4. The second-order valence-electron chi connectivity index (χ2n) is 7.91. The van der Waals surface area contributed by atoms with Crippen molar-refractivity contribution in [3.63, 3.8) is 0 Å². The highest BCUT2D eigenvalue weighted by molar-refractivity contribution is 9.11. The average molecular weight is 547 g/mol. The Labute approximate surface area is 198 Å². The third-order valence-electron chi connectivity index (χ3n) is 5.55. The van der Waals surface area contributed by atoms with Gasteiger partial charge in [0, 0.05) is 16.4 Å². The second-order valence-corrected chi connectivity index (χ2v) is 10.9. The molecule has 0 atom stereocenters. The van der Waals surface area contributed by atoms with Gasteiger partial charge in [-0.05, 0) is 56.2 Å². The normalized spacial score (nSPS) is 11.6. The van der Waals surface area contributed by atoms with Crippen LogP contribution in [0.3, 0.4) is 0 Å². The molecular weight excluding hydrogens is 510 g/mol. The van der Waals surface area contributed by atoms with E-state index in [2.05, 4.69) is 56.3 Å². The van der Waals surface area contributed by atoms with Crippen molar-refractivity contribution in [2.24, 2.45) is 0 Å². The molecule has 0 aliphatic rings. The van der Waals surface area contributed by atoms with Crippen LogP contribution in [0.25, 0.3) is 10.9 Å². The van der Waals surface area contributed by atoms with Crippen LogP contribution in [0, 0.1) is 0 Å². The Hall–Kier alpha value is -0.130. The first-order valence-electron chi connectivity index (χ1n) is 11.4. The number of fused-ring (bicyclic) bond motifs is 1. The molecule has 1 heterocycles. The smallest absolute Gasteiger partial charge is 0.139 e. The Morgan fingerprint density at radius 3 is 1.90 bits per heavy atom. The molecule has 0 saturated heterocycles. The van der Waals surface area contributed by atoms with E-state index in [0.717, 1.165) is 32.1 Å². The Morgan fingerprint density at radius 1 is 0.793 bits per heavy atom. The predicted octanol–water partition coefficient (Wildman–Crippen LogP) is 9.68. The van der Waals surface area contributed by atoms with Gasteiger partial charge in [0.25, 0.3) is 0 Å². The van der Waals surface area contributed by atoms with Crippen LogP contribution in [0.2, 0.25) is 0 Å². The molecule has 2 nitrogen and oxygen atoms in total. The molecule has 29 heavy (non-hydrogen) atoms. The molecule has 0 bridgehead atoms. The molecular formula is C24H37Br2NOS. The molecule has 164 valence electrons. The van der Waals surface area contributed by atoms with Crippen LogP contribution in [0.4, 0.5) is 0 Å². The van der Waals surface area contributed by atoms with Crippen LogP contribution in [-0.4, -0.2) is 15.4 Å². The minimum Gasteiger partial charge on any atom is -0.506 e. The van der Waals surface area contributed by atoms with Gasteiger partial charge >= 0.3 is 0 Å². The van der Waals surface area contributed by atoms with Crippen molar-refractivity contribution in [3.8, 4) is 5.75 Å². The number of phenols is 1. The fourth-order valence-corrected chi connectivity index (χ4v) is 6.18. The van der Waals surface area contributed by atoms with Gasteiger partial charge < -0.3 is 9.67 Å². The van der Waals surface area contributed by atoms with Crippen molar-refractivity contribution < 1.29 is 5.11 Å². The number of unbranched alkanes of at least 4 members (excludes halogenated alkanes) is 11. The monoisotopic (exact) mass is 545 g/mol. The number of thioether (sulfide) groups is 1. The van der Waals surface area contributed by atoms with Crippen LogP contribution in [0.5, 0.6) is 5.75 Å². The maximum absolute atomic E-state index is 10.5. The lowest BCUT2D eigenvalue weighted by molar-refractivity contribution is 0.478. The first kappa shape index (κ1) is 25.1. The highest BCUT2D eigenvalue weighted by Crippen LogP contribution is 2.41. The molecule has 0 saturated carbocycles. The van der Waals surface area contributed by atoms with Crippen molar-refractivity contribution in [2.75, 3.05) is 5.75 Å². The molecule has 2 aromatic rings. The summed E-state index contributed by atoms with van der Waals surface area (Å²) in [5.41, 5.74) is 1.12. The standard InChI is InChI=1S/C24H37Br2NOS/c1-3-5-6-7-8-9-10-11-12-13-14-15-16-27-22(29-4-2)17-19-23(27)20(25)18-21(26)24(19)28/h17-18,28H,3-16H2,1-2H3. The van der Waals surface area contributed by atoms with Gasteiger partial charge in [0.2, 0.25) is 0 Å². The van der Waals surface area contributed by atoms with Gasteiger partial charge in [-0.1, -0.05) is 84.5 Å². The maximum atomic E-state index is 10.5. The number of aromatic hydroxyl groups is 1. The molecule has 1 aromatic heterocycles. The summed E-state index contributed by atoms with van der Waals surface area (Å²) >= 11 is 9.01. The highest BCUT2D eigenvalue weighted by atomic mass is 79.9. The Kier molecular flexibility index (Phi) is 12.2. The number of hydrogen-bond donors (Lipinski definition) is 1. The molecule has 5 heteroatoms. The summed E-state index contributed by atoms with van der Waals surface area (Å²) in [7, 11) is 0. The zero-order valence-corrected chi connectivity index (χ0v) is 22.1. The molecule has 0 radical (unpaired) electrons. The van der Waals surface area contributed by atoms with E-state index in [1.54, 1.807) is 0 Å². The third kappa shape index (κ3) is 7.81. The van der Waals surface area contributed by atoms with Crippen LogP contribution in [0.15, 0.2) is 26.1 Å². The molecule has 0 fully saturated rings. The number of aromatic nitrogens is 1. The topological polar surface area (TPSA) is 25.2 Å². The minimum absolute atomic E-state index is 0.342. The van der Waals surface area contributed by atoms with E-state index < -0.39 is 0 Å². The number of benzene rings is 1. The minimum atomic E-state index is 0.342. The average Bonchev–Trinajstić information content (AvgIpc) is 3.06. The van der Waals surface area contributed by atoms with Gasteiger partial charge in [-0.25, -0.2) is 0 Å². The summed E-state index contributed by atoms with van der Waals surface area (Å²) in [5, 5.41) is 12.7. The lowest BCUT2D eigenvalue weighted by Crippen LogP contribution is -2.00. The van der Waals surface area contributed by atoms with Gasteiger partial charge in [-0.15, -0.1) is 11.8 Å².